The summed E-state index contributed by atoms with van der Waals surface area (Å²) < 4.78 is 4.29. The van der Waals surface area contributed by atoms with Gasteiger partial charge in [-0.25, -0.2) is 0 Å². The number of halogens is 1. The van der Waals surface area contributed by atoms with E-state index in [4.69, 9.17) is 11.6 Å². The highest BCUT2D eigenvalue weighted by molar-refractivity contribution is 6.31. The number of aliphatic hydroxyl groups excluding tert-OH is 1. The predicted molar refractivity (Wildman–Crippen MR) is 57.4 cm³/mol. The molecule has 0 aliphatic rings. The molecular formula is C9H10ClNO5. The Kier molecular flexibility index (Phi) is 5.87. The zero-order valence-electron chi connectivity index (χ0n) is 8.47. The summed E-state index contributed by atoms with van der Waals surface area (Å²) in [6.07, 6.45) is 1.62. The Morgan fingerprint density at radius 2 is 2.25 bits per heavy atom. The summed E-state index contributed by atoms with van der Waals surface area (Å²) in [5.74, 6) is -1.41. The minimum Gasteiger partial charge on any atom is -0.501 e. The summed E-state index contributed by atoms with van der Waals surface area (Å²) in [6.45, 7) is 3.24. The largest absolute Gasteiger partial charge is 0.501 e. The highest BCUT2D eigenvalue weighted by Crippen LogP contribution is 2.17. The zero-order chi connectivity index (χ0) is 12.7. The predicted octanol–water partition coefficient (Wildman–Crippen LogP) is 1.90. The maximum Gasteiger partial charge on any atom is 0.309 e. The Labute approximate surface area is 96.6 Å². The molecule has 7 heteroatoms. The molecule has 1 N–H and O–H groups in total. The van der Waals surface area contributed by atoms with E-state index in [9.17, 15) is 20.0 Å². The van der Waals surface area contributed by atoms with Gasteiger partial charge < -0.3 is 9.84 Å². The van der Waals surface area contributed by atoms with Gasteiger partial charge in [-0.2, -0.15) is 0 Å². The van der Waals surface area contributed by atoms with Gasteiger partial charge in [0.2, 0.25) is 5.76 Å². The maximum atomic E-state index is 10.8. The molecule has 0 spiro atoms. The Morgan fingerprint density at radius 3 is 2.62 bits per heavy atom. The first kappa shape index (κ1) is 14.2. The van der Waals surface area contributed by atoms with Crippen molar-refractivity contribution in [2.24, 2.45) is 0 Å². The van der Waals surface area contributed by atoms with E-state index in [1.807, 2.05) is 0 Å². The number of hydrogen-bond acceptors (Lipinski definition) is 5. The number of carbonyl (C=O) groups excluding carboxylic acids is 1. The number of allylic oxidation sites excluding steroid dienone is 2. The summed E-state index contributed by atoms with van der Waals surface area (Å²) in [5.41, 5.74) is -0.671. The number of esters is 1. The smallest absolute Gasteiger partial charge is 0.309 e. The second-order valence-electron chi connectivity index (χ2n) is 2.53. The lowest BCUT2D eigenvalue weighted by Crippen LogP contribution is -2.05. The molecule has 0 bridgehead atoms. The standard InChI is InChI=1S/C9H10ClNO5/c1-3-6(10)9(13)7(11(14)15)4-5-8(12)16-2/h3-4,13H,1,5H2,2H3/b7-4+,9-6-. The Morgan fingerprint density at radius 1 is 1.69 bits per heavy atom. The van der Waals surface area contributed by atoms with E-state index in [-0.39, 0.29) is 11.5 Å². The topological polar surface area (TPSA) is 89.7 Å². The number of aliphatic hydroxyl groups is 1. The summed E-state index contributed by atoms with van der Waals surface area (Å²) >= 11 is 5.45. The molecule has 6 nitrogen and oxygen atoms in total. The molecule has 0 rings (SSSR count). The van der Waals surface area contributed by atoms with Crippen molar-refractivity contribution in [1.82, 2.24) is 0 Å². The molecule has 0 fully saturated rings. The van der Waals surface area contributed by atoms with E-state index in [0.717, 1.165) is 19.3 Å². The van der Waals surface area contributed by atoms with E-state index < -0.39 is 22.3 Å². The van der Waals surface area contributed by atoms with E-state index in [0.29, 0.717) is 0 Å². The van der Waals surface area contributed by atoms with E-state index in [2.05, 4.69) is 11.3 Å². The molecule has 0 heterocycles. The lowest BCUT2D eigenvalue weighted by atomic mass is 10.2. The second kappa shape index (κ2) is 6.62. The van der Waals surface area contributed by atoms with Crippen LogP contribution in [0, 0.1) is 10.1 Å². The Hall–Kier alpha value is -1.82. The molecule has 0 aromatic rings. The van der Waals surface area contributed by atoms with Gasteiger partial charge in [0.25, 0.3) is 0 Å². The van der Waals surface area contributed by atoms with Crippen LogP contribution in [0.25, 0.3) is 0 Å². The minimum absolute atomic E-state index is 0.271. The average molecular weight is 248 g/mol. The number of nitro groups is 1. The fourth-order valence-electron chi connectivity index (χ4n) is 0.740. The minimum atomic E-state index is -0.857. The highest BCUT2D eigenvalue weighted by atomic mass is 35.5. The highest BCUT2D eigenvalue weighted by Gasteiger charge is 2.19. The number of methoxy groups -OCH3 is 1. The molecule has 0 saturated heterocycles. The third-order valence-corrected chi connectivity index (χ3v) is 1.87. The molecule has 0 radical (unpaired) electrons. The Balaban J connectivity index is 5.10. The van der Waals surface area contributed by atoms with Crippen LogP contribution in [0.3, 0.4) is 0 Å². The third-order valence-electron chi connectivity index (χ3n) is 1.53. The molecule has 0 unspecified atom stereocenters. The SMILES string of the molecule is C=C/C(Cl)=C(O)\C(=C/CC(=O)OC)[N+](=O)[O-]. The van der Waals surface area contributed by atoms with Crippen molar-refractivity contribution < 1.29 is 19.6 Å². The summed E-state index contributed by atoms with van der Waals surface area (Å²) in [7, 11) is 1.15. The molecule has 0 saturated carbocycles. The molecule has 0 amide bonds. The fraction of sp³-hybridized carbons (Fsp3) is 0.222. The fourth-order valence-corrected chi connectivity index (χ4v) is 0.837. The lowest BCUT2D eigenvalue weighted by molar-refractivity contribution is -0.424. The number of hydrogen-bond donors (Lipinski definition) is 1. The van der Waals surface area contributed by atoms with Crippen LogP contribution in [0.2, 0.25) is 0 Å². The van der Waals surface area contributed by atoms with Crippen LogP contribution < -0.4 is 0 Å². The van der Waals surface area contributed by atoms with E-state index in [1.165, 1.54) is 0 Å². The van der Waals surface area contributed by atoms with Crippen molar-refractivity contribution in [3.05, 3.63) is 45.3 Å². The lowest BCUT2D eigenvalue weighted by Gasteiger charge is -1.99. The summed E-state index contributed by atoms with van der Waals surface area (Å²) in [6, 6.07) is 0. The van der Waals surface area contributed by atoms with Crippen LogP contribution in [0.1, 0.15) is 6.42 Å². The average Bonchev–Trinajstić information content (AvgIpc) is 2.26. The number of ether oxygens (including phenoxy) is 1. The van der Waals surface area contributed by atoms with Crippen molar-refractivity contribution in [2.75, 3.05) is 7.11 Å². The molecule has 0 aromatic heterocycles. The van der Waals surface area contributed by atoms with Gasteiger partial charge >= 0.3 is 11.7 Å². The number of carbonyl (C=O) groups is 1. The van der Waals surface area contributed by atoms with Crippen LogP contribution in [0.4, 0.5) is 0 Å². The van der Waals surface area contributed by atoms with E-state index >= 15 is 0 Å². The Bertz CT molecular complexity index is 372. The van der Waals surface area contributed by atoms with Crippen molar-refractivity contribution in [3.8, 4) is 0 Å². The van der Waals surface area contributed by atoms with Gasteiger partial charge in [0.1, 0.15) is 0 Å². The first-order chi connectivity index (χ1) is 7.43. The van der Waals surface area contributed by atoms with Gasteiger partial charge in [-0.15, -0.1) is 0 Å². The maximum absolute atomic E-state index is 10.8. The zero-order valence-corrected chi connectivity index (χ0v) is 9.23. The number of rotatable bonds is 5. The van der Waals surface area contributed by atoms with Gasteiger partial charge in [-0.1, -0.05) is 18.2 Å². The van der Waals surface area contributed by atoms with Crippen molar-refractivity contribution in [1.29, 1.82) is 0 Å². The van der Waals surface area contributed by atoms with Crippen molar-refractivity contribution in [3.63, 3.8) is 0 Å². The monoisotopic (exact) mass is 247 g/mol. The molecule has 88 valence electrons. The normalized spacial score (nSPS) is 12.8. The molecule has 0 aliphatic heterocycles. The van der Waals surface area contributed by atoms with E-state index in [1.54, 1.807) is 0 Å². The summed E-state index contributed by atoms with van der Waals surface area (Å²) in [4.78, 5) is 20.5. The van der Waals surface area contributed by atoms with Crippen LogP contribution in [-0.2, 0) is 9.53 Å². The quantitative estimate of drug-likeness (QED) is 0.263. The first-order valence-electron chi connectivity index (χ1n) is 4.07. The van der Waals surface area contributed by atoms with Crippen molar-refractivity contribution in [2.45, 2.75) is 6.42 Å². The van der Waals surface area contributed by atoms with Crippen LogP contribution >= 0.6 is 11.6 Å². The molecular weight excluding hydrogens is 238 g/mol. The number of nitrogens with zero attached hydrogens (tertiary/aromatic N) is 1. The van der Waals surface area contributed by atoms with Gasteiger partial charge in [0, 0.05) is 6.08 Å². The summed E-state index contributed by atoms with van der Waals surface area (Å²) in [5, 5.41) is 19.6. The molecule has 0 aromatic carbocycles. The molecule has 16 heavy (non-hydrogen) atoms. The van der Waals surface area contributed by atoms with Gasteiger partial charge in [-0.05, 0) is 6.08 Å². The van der Waals surface area contributed by atoms with Crippen LogP contribution in [0.15, 0.2) is 35.2 Å². The van der Waals surface area contributed by atoms with Crippen LogP contribution in [0.5, 0.6) is 0 Å². The first-order valence-corrected chi connectivity index (χ1v) is 4.44. The third kappa shape index (κ3) is 4.14. The molecule has 0 aliphatic carbocycles. The van der Waals surface area contributed by atoms with Crippen molar-refractivity contribution >= 4 is 17.6 Å². The second-order valence-corrected chi connectivity index (χ2v) is 2.93. The molecule has 0 atom stereocenters. The van der Waals surface area contributed by atoms with Gasteiger partial charge in [0.15, 0.2) is 0 Å². The van der Waals surface area contributed by atoms with Gasteiger partial charge in [0.05, 0.1) is 23.5 Å². The van der Waals surface area contributed by atoms with Crippen LogP contribution in [-0.4, -0.2) is 23.1 Å². The van der Waals surface area contributed by atoms with Gasteiger partial charge in [-0.3, -0.25) is 14.9 Å².